The molecule has 3 unspecified atom stereocenters. The molecule has 1 fully saturated rings. The fourth-order valence-corrected chi connectivity index (χ4v) is 3.99. The average Bonchev–Trinajstić information content (AvgIpc) is 2.81. The van der Waals surface area contributed by atoms with E-state index in [2.05, 4.69) is 0 Å². The first-order valence-corrected chi connectivity index (χ1v) is 11.0. The first kappa shape index (κ1) is 22.9. The zero-order valence-corrected chi connectivity index (χ0v) is 18.5. The molecule has 0 aliphatic carbocycles. The van der Waals surface area contributed by atoms with Gasteiger partial charge in [-0.25, -0.2) is 8.78 Å². The molecule has 0 bridgehead atoms. The Morgan fingerprint density at radius 2 is 1.73 bits per heavy atom. The standard InChI is InChI=1S/C27H26F2O4/c1-16(2)21-12-19(17-6-4-3-5-7-17)13-22(18-8-10-20(28)11-9-18)27(21)32-15-24-26(29)23(30)14-25(31)33-24/h3-13,16,23-24,26,30H,14-15H2,1-2H3. The third-order valence-electron chi connectivity index (χ3n) is 5.78. The first-order valence-electron chi connectivity index (χ1n) is 11.0. The Morgan fingerprint density at radius 3 is 2.39 bits per heavy atom. The van der Waals surface area contributed by atoms with Gasteiger partial charge >= 0.3 is 5.97 Å². The fourth-order valence-electron chi connectivity index (χ4n) is 3.99. The van der Waals surface area contributed by atoms with Gasteiger partial charge in [-0.15, -0.1) is 0 Å². The normalized spacial score (nSPS) is 20.5. The topological polar surface area (TPSA) is 55.8 Å². The largest absolute Gasteiger partial charge is 0.489 e. The fraction of sp³-hybridized carbons (Fsp3) is 0.296. The Balaban J connectivity index is 1.78. The molecule has 0 aromatic heterocycles. The van der Waals surface area contributed by atoms with Crippen LogP contribution in [0.3, 0.4) is 0 Å². The van der Waals surface area contributed by atoms with Crippen LogP contribution in [0.15, 0.2) is 66.7 Å². The SMILES string of the molecule is CC(C)c1cc(-c2ccccc2)cc(-c2ccc(F)cc2)c1OCC1OC(=O)CC(O)C1F. The van der Waals surface area contributed by atoms with Gasteiger partial charge in [-0.2, -0.15) is 0 Å². The predicted molar refractivity (Wildman–Crippen MR) is 122 cm³/mol. The summed E-state index contributed by atoms with van der Waals surface area (Å²) in [6.45, 7) is 3.80. The summed E-state index contributed by atoms with van der Waals surface area (Å²) in [5.74, 6) is -0.441. The Hall–Kier alpha value is -3.25. The lowest BCUT2D eigenvalue weighted by atomic mass is 9.90. The van der Waals surface area contributed by atoms with E-state index in [0.717, 1.165) is 27.8 Å². The van der Waals surface area contributed by atoms with E-state index in [0.29, 0.717) is 5.75 Å². The molecule has 172 valence electrons. The zero-order valence-electron chi connectivity index (χ0n) is 18.5. The molecule has 0 saturated carbocycles. The van der Waals surface area contributed by atoms with Gasteiger partial charge in [0.2, 0.25) is 0 Å². The highest BCUT2D eigenvalue weighted by atomic mass is 19.1. The molecule has 1 aliphatic rings. The van der Waals surface area contributed by atoms with Crippen molar-refractivity contribution in [3.63, 3.8) is 0 Å². The van der Waals surface area contributed by atoms with Gasteiger partial charge in [0.25, 0.3) is 0 Å². The van der Waals surface area contributed by atoms with E-state index in [9.17, 15) is 18.7 Å². The van der Waals surface area contributed by atoms with Crippen LogP contribution in [0.25, 0.3) is 22.3 Å². The highest BCUT2D eigenvalue weighted by Crippen LogP contribution is 2.41. The van der Waals surface area contributed by atoms with Crippen LogP contribution < -0.4 is 4.74 Å². The van der Waals surface area contributed by atoms with Gasteiger partial charge in [0.1, 0.15) is 18.2 Å². The van der Waals surface area contributed by atoms with E-state index in [4.69, 9.17) is 9.47 Å². The lowest BCUT2D eigenvalue weighted by Gasteiger charge is -2.30. The second kappa shape index (κ2) is 9.71. The van der Waals surface area contributed by atoms with Crippen LogP contribution in [0.1, 0.15) is 31.7 Å². The Kier molecular flexibility index (Phi) is 6.75. The summed E-state index contributed by atoms with van der Waals surface area (Å²) in [5, 5.41) is 9.81. The number of benzene rings is 3. The van der Waals surface area contributed by atoms with E-state index in [-0.39, 0.29) is 24.8 Å². The number of carbonyl (C=O) groups is 1. The number of hydrogen-bond donors (Lipinski definition) is 1. The number of esters is 1. The predicted octanol–water partition coefficient (Wildman–Crippen LogP) is 5.68. The van der Waals surface area contributed by atoms with Crippen molar-refractivity contribution >= 4 is 5.97 Å². The van der Waals surface area contributed by atoms with Gasteiger partial charge in [-0.3, -0.25) is 4.79 Å². The van der Waals surface area contributed by atoms with Crippen LogP contribution in [0.2, 0.25) is 0 Å². The van der Waals surface area contributed by atoms with Gasteiger partial charge in [0.05, 0.1) is 12.5 Å². The number of aliphatic hydroxyl groups excluding tert-OH is 1. The van der Waals surface area contributed by atoms with Crippen molar-refractivity contribution in [2.24, 2.45) is 0 Å². The molecule has 1 aliphatic heterocycles. The van der Waals surface area contributed by atoms with Gasteiger partial charge in [-0.1, -0.05) is 56.3 Å². The molecule has 1 N–H and O–H groups in total. The molecule has 4 rings (SSSR count). The van der Waals surface area contributed by atoms with Crippen molar-refractivity contribution in [2.45, 2.75) is 44.6 Å². The quantitative estimate of drug-likeness (QED) is 0.489. The summed E-state index contributed by atoms with van der Waals surface area (Å²) in [4.78, 5) is 11.7. The summed E-state index contributed by atoms with van der Waals surface area (Å²) in [7, 11) is 0. The molecule has 0 radical (unpaired) electrons. The number of aliphatic hydroxyl groups is 1. The molecule has 0 amide bonds. The zero-order chi connectivity index (χ0) is 23.5. The van der Waals surface area contributed by atoms with Gasteiger partial charge in [-0.05, 0) is 52.4 Å². The summed E-state index contributed by atoms with van der Waals surface area (Å²) in [5.41, 5.74) is 4.33. The van der Waals surface area contributed by atoms with Crippen LogP contribution >= 0.6 is 0 Å². The average molecular weight is 452 g/mol. The molecule has 3 aromatic carbocycles. The molecular weight excluding hydrogens is 426 g/mol. The number of cyclic esters (lactones) is 1. The number of hydrogen-bond acceptors (Lipinski definition) is 4. The highest BCUT2D eigenvalue weighted by Gasteiger charge is 2.38. The lowest BCUT2D eigenvalue weighted by molar-refractivity contribution is -0.172. The van der Waals surface area contributed by atoms with Crippen LogP contribution in [0.5, 0.6) is 5.75 Å². The van der Waals surface area contributed by atoms with E-state index < -0.39 is 24.3 Å². The summed E-state index contributed by atoms with van der Waals surface area (Å²) >= 11 is 0. The smallest absolute Gasteiger partial charge is 0.309 e. The monoisotopic (exact) mass is 452 g/mol. The maximum Gasteiger partial charge on any atom is 0.309 e. The van der Waals surface area contributed by atoms with Crippen LogP contribution in [-0.4, -0.2) is 36.1 Å². The van der Waals surface area contributed by atoms with Crippen LogP contribution in [0, 0.1) is 5.82 Å². The van der Waals surface area contributed by atoms with Crippen molar-refractivity contribution < 1.29 is 28.2 Å². The molecule has 1 heterocycles. The molecule has 3 atom stereocenters. The molecule has 6 heteroatoms. The summed E-state index contributed by atoms with van der Waals surface area (Å²) < 4.78 is 39.3. The minimum absolute atomic E-state index is 0.0588. The van der Waals surface area contributed by atoms with Gasteiger partial charge in [0.15, 0.2) is 12.3 Å². The molecule has 33 heavy (non-hydrogen) atoms. The number of alkyl halides is 1. The van der Waals surface area contributed by atoms with Crippen LogP contribution in [0.4, 0.5) is 8.78 Å². The van der Waals surface area contributed by atoms with E-state index in [1.54, 1.807) is 12.1 Å². The summed E-state index contributed by atoms with van der Waals surface area (Å²) in [6.07, 6.45) is -4.73. The minimum atomic E-state index is -1.73. The van der Waals surface area contributed by atoms with Crippen molar-refractivity contribution in [3.8, 4) is 28.0 Å². The lowest BCUT2D eigenvalue weighted by Crippen LogP contribution is -2.46. The maximum absolute atomic E-state index is 14.5. The molecular formula is C27H26F2O4. The second-order valence-corrected chi connectivity index (χ2v) is 8.52. The first-order chi connectivity index (χ1) is 15.8. The Labute approximate surface area is 191 Å². The van der Waals surface area contributed by atoms with Crippen LogP contribution in [-0.2, 0) is 9.53 Å². The molecule has 4 nitrogen and oxygen atoms in total. The summed E-state index contributed by atoms with van der Waals surface area (Å²) in [6, 6.07) is 19.9. The second-order valence-electron chi connectivity index (χ2n) is 8.52. The van der Waals surface area contributed by atoms with E-state index >= 15 is 0 Å². The Morgan fingerprint density at radius 1 is 1.03 bits per heavy atom. The van der Waals surface area contributed by atoms with Crippen molar-refractivity contribution in [1.82, 2.24) is 0 Å². The highest BCUT2D eigenvalue weighted by molar-refractivity contribution is 5.80. The van der Waals surface area contributed by atoms with E-state index in [1.165, 1.54) is 12.1 Å². The number of halogens is 2. The molecule has 1 saturated heterocycles. The molecule has 3 aromatic rings. The van der Waals surface area contributed by atoms with Crippen molar-refractivity contribution in [3.05, 3.63) is 78.1 Å². The third kappa shape index (κ3) is 5.06. The maximum atomic E-state index is 14.5. The minimum Gasteiger partial charge on any atom is -0.489 e. The van der Waals surface area contributed by atoms with E-state index in [1.807, 2.05) is 56.3 Å². The molecule has 0 spiro atoms. The number of ether oxygens (including phenoxy) is 2. The Bertz CT molecular complexity index is 1110. The van der Waals surface area contributed by atoms with Crippen molar-refractivity contribution in [1.29, 1.82) is 0 Å². The third-order valence-corrected chi connectivity index (χ3v) is 5.78. The number of carbonyl (C=O) groups excluding carboxylic acids is 1. The van der Waals surface area contributed by atoms with Gasteiger partial charge in [0, 0.05) is 5.56 Å². The van der Waals surface area contributed by atoms with Gasteiger partial charge < -0.3 is 14.6 Å². The number of rotatable bonds is 6. The van der Waals surface area contributed by atoms with Crippen molar-refractivity contribution in [2.75, 3.05) is 6.61 Å².